The minimum Gasteiger partial charge on any atom is -0.506 e. The SMILES string of the molecule is O=C(NCc1ccccc1)c1c(O)c2c(NCc3ccccc3)ncnc2n(OCc2ccccc2)c1=O. The summed E-state index contributed by atoms with van der Waals surface area (Å²) in [5, 5.41) is 17.2. The third-order valence-corrected chi connectivity index (χ3v) is 5.92. The number of benzene rings is 3. The number of hydrogen-bond donors (Lipinski definition) is 3. The predicted molar refractivity (Wildman–Crippen MR) is 144 cm³/mol. The van der Waals surface area contributed by atoms with Crippen molar-refractivity contribution in [3.63, 3.8) is 0 Å². The van der Waals surface area contributed by atoms with Crippen molar-refractivity contribution in [3.05, 3.63) is 130 Å². The van der Waals surface area contributed by atoms with E-state index < -0.39 is 22.8 Å². The van der Waals surface area contributed by atoms with Crippen molar-refractivity contribution >= 4 is 22.8 Å². The molecule has 9 heteroatoms. The van der Waals surface area contributed by atoms with E-state index in [-0.39, 0.29) is 30.0 Å². The first-order valence-electron chi connectivity index (χ1n) is 12.0. The van der Waals surface area contributed by atoms with Crippen LogP contribution in [0.2, 0.25) is 0 Å². The van der Waals surface area contributed by atoms with Crippen LogP contribution in [0.1, 0.15) is 27.0 Å². The topological polar surface area (TPSA) is 118 Å². The third-order valence-electron chi connectivity index (χ3n) is 5.92. The van der Waals surface area contributed by atoms with Gasteiger partial charge < -0.3 is 20.6 Å². The summed E-state index contributed by atoms with van der Waals surface area (Å²) in [6.45, 7) is 0.611. The molecule has 9 nitrogen and oxygen atoms in total. The summed E-state index contributed by atoms with van der Waals surface area (Å²) in [7, 11) is 0. The maximum absolute atomic E-state index is 13.5. The first kappa shape index (κ1) is 24.5. The number of fused-ring (bicyclic) bond motifs is 1. The average molecular weight is 508 g/mol. The molecule has 0 radical (unpaired) electrons. The number of carbonyl (C=O) groups excluding carboxylic acids is 1. The Labute approximate surface area is 218 Å². The van der Waals surface area contributed by atoms with Gasteiger partial charge in [0.15, 0.2) is 11.2 Å². The van der Waals surface area contributed by atoms with Gasteiger partial charge in [-0.1, -0.05) is 91.0 Å². The van der Waals surface area contributed by atoms with Gasteiger partial charge in [-0.15, -0.1) is 4.73 Å². The maximum Gasteiger partial charge on any atom is 0.301 e. The average Bonchev–Trinajstić information content (AvgIpc) is 2.96. The van der Waals surface area contributed by atoms with Crippen molar-refractivity contribution in [2.75, 3.05) is 5.32 Å². The number of aromatic nitrogens is 3. The van der Waals surface area contributed by atoms with E-state index in [0.29, 0.717) is 6.54 Å². The number of rotatable bonds is 9. The van der Waals surface area contributed by atoms with Crippen LogP contribution in [-0.2, 0) is 19.7 Å². The molecule has 2 heterocycles. The van der Waals surface area contributed by atoms with Crippen LogP contribution in [-0.4, -0.2) is 25.7 Å². The number of aromatic hydroxyl groups is 1. The second-order valence-electron chi connectivity index (χ2n) is 8.51. The highest BCUT2D eigenvalue weighted by Gasteiger charge is 2.26. The smallest absolute Gasteiger partial charge is 0.301 e. The molecule has 0 saturated heterocycles. The molecule has 3 N–H and O–H groups in total. The van der Waals surface area contributed by atoms with E-state index in [9.17, 15) is 14.7 Å². The normalized spacial score (nSPS) is 10.7. The van der Waals surface area contributed by atoms with E-state index in [1.807, 2.05) is 91.0 Å². The van der Waals surface area contributed by atoms with Crippen LogP contribution in [0, 0.1) is 0 Å². The van der Waals surface area contributed by atoms with E-state index in [4.69, 9.17) is 4.84 Å². The number of nitrogens with one attached hydrogen (secondary N) is 2. The quantitative estimate of drug-likeness (QED) is 0.279. The largest absolute Gasteiger partial charge is 0.506 e. The number of amides is 1. The van der Waals surface area contributed by atoms with Gasteiger partial charge in [0.2, 0.25) is 0 Å². The summed E-state index contributed by atoms with van der Waals surface area (Å²) in [6.07, 6.45) is 1.27. The van der Waals surface area contributed by atoms with E-state index in [1.165, 1.54) is 6.33 Å². The summed E-state index contributed by atoms with van der Waals surface area (Å²) in [6, 6.07) is 28.2. The molecule has 0 spiro atoms. The van der Waals surface area contributed by atoms with Crippen LogP contribution >= 0.6 is 0 Å². The fourth-order valence-electron chi connectivity index (χ4n) is 3.99. The minimum atomic E-state index is -0.829. The predicted octanol–water partition coefficient (Wildman–Crippen LogP) is 3.67. The zero-order valence-corrected chi connectivity index (χ0v) is 20.4. The van der Waals surface area contributed by atoms with Gasteiger partial charge >= 0.3 is 5.56 Å². The molecule has 1 amide bonds. The molecule has 0 aliphatic carbocycles. The van der Waals surface area contributed by atoms with E-state index in [0.717, 1.165) is 21.4 Å². The lowest BCUT2D eigenvalue weighted by Crippen LogP contribution is -2.36. The van der Waals surface area contributed by atoms with E-state index >= 15 is 0 Å². The van der Waals surface area contributed by atoms with E-state index in [1.54, 1.807) is 0 Å². The van der Waals surface area contributed by atoms with Gasteiger partial charge in [0.25, 0.3) is 5.91 Å². The van der Waals surface area contributed by atoms with Crippen LogP contribution in [0.5, 0.6) is 5.75 Å². The molecular weight excluding hydrogens is 482 g/mol. The highest BCUT2D eigenvalue weighted by molar-refractivity contribution is 6.04. The van der Waals surface area contributed by atoms with Crippen molar-refractivity contribution < 1.29 is 14.7 Å². The lowest BCUT2D eigenvalue weighted by Gasteiger charge is -2.17. The zero-order valence-electron chi connectivity index (χ0n) is 20.4. The molecule has 0 atom stereocenters. The first-order chi connectivity index (χ1) is 18.6. The lowest BCUT2D eigenvalue weighted by molar-refractivity contribution is 0.0891. The maximum atomic E-state index is 13.5. The Morgan fingerprint density at radius 2 is 1.39 bits per heavy atom. The zero-order chi connectivity index (χ0) is 26.3. The van der Waals surface area contributed by atoms with Crippen LogP contribution < -0.4 is 21.0 Å². The molecule has 0 saturated carbocycles. The van der Waals surface area contributed by atoms with Gasteiger partial charge in [0.05, 0.1) is 0 Å². The van der Waals surface area contributed by atoms with Gasteiger partial charge in [0, 0.05) is 13.1 Å². The van der Waals surface area contributed by atoms with Crippen LogP contribution in [0.25, 0.3) is 11.0 Å². The van der Waals surface area contributed by atoms with Gasteiger partial charge in [-0.25, -0.2) is 9.97 Å². The molecule has 38 heavy (non-hydrogen) atoms. The Hall–Kier alpha value is -5.18. The van der Waals surface area contributed by atoms with Crippen molar-refractivity contribution in [2.24, 2.45) is 0 Å². The second kappa shape index (κ2) is 11.3. The van der Waals surface area contributed by atoms with Crippen molar-refractivity contribution in [3.8, 4) is 5.75 Å². The Morgan fingerprint density at radius 1 is 0.816 bits per heavy atom. The molecule has 0 aliphatic heterocycles. The molecular formula is C29H25N5O4. The van der Waals surface area contributed by atoms with Crippen molar-refractivity contribution in [1.29, 1.82) is 0 Å². The highest BCUT2D eigenvalue weighted by atomic mass is 16.7. The fraction of sp³-hybridized carbons (Fsp3) is 0.103. The van der Waals surface area contributed by atoms with Crippen LogP contribution in [0.15, 0.2) is 102 Å². The van der Waals surface area contributed by atoms with Crippen molar-refractivity contribution in [2.45, 2.75) is 19.7 Å². The Morgan fingerprint density at radius 3 is 2.03 bits per heavy atom. The molecule has 0 fully saturated rings. The van der Waals surface area contributed by atoms with Gasteiger partial charge in [0.1, 0.15) is 29.9 Å². The number of hydrogen-bond acceptors (Lipinski definition) is 7. The van der Waals surface area contributed by atoms with Crippen LogP contribution in [0.4, 0.5) is 5.82 Å². The highest BCUT2D eigenvalue weighted by Crippen LogP contribution is 2.30. The van der Waals surface area contributed by atoms with Gasteiger partial charge in [-0.2, -0.15) is 0 Å². The minimum absolute atomic E-state index is 0.0357. The summed E-state index contributed by atoms with van der Waals surface area (Å²) >= 11 is 0. The second-order valence-corrected chi connectivity index (χ2v) is 8.51. The summed E-state index contributed by atoms with van der Waals surface area (Å²) in [5.74, 6) is -1.01. The molecule has 190 valence electrons. The molecule has 5 rings (SSSR count). The first-order valence-corrected chi connectivity index (χ1v) is 12.0. The number of carbonyl (C=O) groups is 1. The summed E-state index contributed by atoms with van der Waals surface area (Å²) in [4.78, 5) is 41.1. The van der Waals surface area contributed by atoms with Crippen LogP contribution in [0.3, 0.4) is 0 Å². The molecule has 0 aliphatic rings. The molecule has 0 unspecified atom stereocenters. The summed E-state index contributed by atoms with van der Waals surface area (Å²) in [5.41, 5.74) is 1.38. The van der Waals surface area contributed by atoms with Gasteiger partial charge in [-0.3, -0.25) is 9.59 Å². The van der Waals surface area contributed by atoms with Gasteiger partial charge in [-0.05, 0) is 16.7 Å². The third kappa shape index (κ3) is 5.31. The standard InChI is InChI=1S/C29H25N5O4/c35-25-23-26(30-16-20-10-4-1-5-11-20)32-19-33-27(23)34(38-18-22-14-8-3-9-15-22)29(37)24(25)28(36)31-17-21-12-6-2-7-13-21/h1-15,19,35H,16-18H2,(H,31,36)(H,30,32,33). The van der Waals surface area contributed by atoms with Crippen molar-refractivity contribution in [1.82, 2.24) is 20.0 Å². The molecule has 3 aromatic carbocycles. The van der Waals surface area contributed by atoms with E-state index in [2.05, 4.69) is 20.6 Å². The lowest BCUT2D eigenvalue weighted by atomic mass is 10.1. The number of pyridine rings is 1. The Bertz CT molecular complexity index is 1610. The number of nitrogens with zero attached hydrogens (tertiary/aromatic N) is 3. The molecule has 2 aromatic heterocycles. The monoisotopic (exact) mass is 507 g/mol. The fourth-order valence-corrected chi connectivity index (χ4v) is 3.99. The Kier molecular flexibility index (Phi) is 7.26. The Balaban J connectivity index is 1.56. The molecule has 5 aromatic rings. The molecule has 0 bridgehead atoms. The summed E-state index contributed by atoms with van der Waals surface area (Å²) < 4.78 is 0.939. The number of anilines is 1.